The highest BCUT2D eigenvalue weighted by Crippen LogP contribution is 2.26. The molecule has 0 saturated carbocycles. The first-order valence-corrected chi connectivity index (χ1v) is 7.18. The van der Waals surface area contributed by atoms with Crippen molar-refractivity contribution in [3.05, 3.63) is 0 Å². The zero-order valence-electron chi connectivity index (χ0n) is 10.2. The van der Waals surface area contributed by atoms with Gasteiger partial charge in [-0.15, -0.1) is 0 Å². The van der Waals surface area contributed by atoms with Crippen LogP contribution in [-0.4, -0.2) is 47.5 Å². The predicted molar refractivity (Wildman–Crippen MR) is 66.1 cm³/mol. The molecule has 0 aromatic carbocycles. The molecule has 3 N–H and O–H groups in total. The van der Waals surface area contributed by atoms with E-state index in [1.165, 1.54) is 7.11 Å². The lowest BCUT2D eigenvalue weighted by atomic mass is 10.0. The van der Waals surface area contributed by atoms with Crippen molar-refractivity contribution in [3.8, 4) is 6.01 Å². The molecule has 1 aliphatic heterocycles. The molecule has 1 fully saturated rings. The molecule has 0 bridgehead atoms. The van der Waals surface area contributed by atoms with Gasteiger partial charge in [-0.1, -0.05) is 0 Å². The monoisotopic (exact) mass is 273 g/mol. The number of hydrogen-bond donors (Lipinski definition) is 2. The van der Waals surface area contributed by atoms with Crippen molar-refractivity contribution >= 4 is 21.7 Å². The van der Waals surface area contributed by atoms with Crippen LogP contribution in [0.2, 0.25) is 0 Å². The SMILES string of the molecule is COc1nc(N)nc(NC2(C)CCS(=O)(=O)C2)n1. The average molecular weight is 273 g/mol. The summed E-state index contributed by atoms with van der Waals surface area (Å²) in [4.78, 5) is 11.6. The largest absolute Gasteiger partial charge is 0.467 e. The molecule has 2 heterocycles. The highest BCUT2D eigenvalue weighted by molar-refractivity contribution is 7.91. The smallest absolute Gasteiger partial charge is 0.322 e. The lowest BCUT2D eigenvalue weighted by Gasteiger charge is -2.23. The Labute approximate surface area is 105 Å². The molecule has 0 radical (unpaired) electrons. The van der Waals surface area contributed by atoms with E-state index in [4.69, 9.17) is 10.5 Å². The molecule has 1 unspecified atom stereocenters. The maximum absolute atomic E-state index is 11.5. The molecule has 1 saturated heterocycles. The van der Waals surface area contributed by atoms with Gasteiger partial charge in [-0.25, -0.2) is 8.42 Å². The lowest BCUT2D eigenvalue weighted by molar-refractivity contribution is 0.379. The first kappa shape index (κ1) is 12.8. The molecular formula is C9H15N5O3S. The lowest BCUT2D eigenvalue weighted by Crippen LogP contribution is -2.36. The Kier molecular flexibility index (Phi) is 3.01. The van der Waals surface area contributed by atoms with E-state index >= 15 is 0 Å². The fraction of sp³-hybridized carbons (Fsp3) is 0.667. The Bertz CT molecular complexity index is 561. The number of nitrogens with two attached hydrogens (primary N) is 1. The van der Waals surface area contributed by atoms with E-state index < -0.39 is 15.4 Å². The standard InChI is InChI=1S/C9H15N5O3S/c1-9(3-4-18(15,16)5-9)14-7-11-6(10)12-8(13-7)17-2/h3-5H2,1-2H3,(H3,10,11,12,13,14). The van der Waals surface area contributed by atoms with Crippen LogP contribution in [0.15, 0.2) is 0 Å². The molecule has 9 heteroatoms. The summed E-state index contributed by atoms with van der Waals surface area (Å²) in [6.07, 6.45) is 0.503. The highest BCUT2D eigenvalue weighted by atomic mass is 32.2. The van der Waals surface area contributed by atoms with Crippen molar-refractivity contribution in [1.29, 1.82) is 0 Å². The van der Waals surface area contributed by atoms with Gasteiger partial charge in [0.05, 0.1) is 24.2 Å². The Hall–Kier alpha value is -1.64. The van der Waals surface area contributed by atoms with Gasteiger partial charge in [-0.2, -0.15) is 15.0 Å². The summed E-state index contributed by atoms with van der Waals surface area (Å²) in [5.41, 5.74) is 4.92. The molecule has 0 spiro atoms. The van der Waals surface area contributed by atoms with E-state index in [9.17, 15) is 8.42 Å². The van der Waals surface area contributed by atoms with Crippen LogP contribution in [0.4, 0.5) is 11.9 Å². The molecule has 1 aromatic heterocycles. The summed E-state index contributed by atoms with van der Waals surface area (Å²) in [6, 6.07) is 0.0921. The molecular weight excluding hydrogens is 258 g/mol. The minimum atomic E-state index is -3.00. The number of ether oxygens (including phenoxy) is 1. The van der Waals surface area contributed by atoms with Crippen molar-refractivity contribution in [2.75, 3.05) is 29.7 Å². The number of nitrogens with one attached hydrogen (secondary N) is 1. The summed E-state index contributed by atoms with van der Waals surface area (Å²) in [7, 11) is -1.58. The fourth-order valence-corrected chi connectivity index (χ4v) is 3.99. The molecule has 1 atom stereocenters. The second kappa shape index (κ2) is 4.23. The number of aromatic nitrogens is 3. The molecule has 0 amide bonds. The van der Waals surface area contributed by atoms with Crippen LogP contribution in [0.25, 0.3) is 0 Å². The van der Waals surface area contributed by atoms with Gasteiger partial charge >= 0.3 is 6.01 Å². The van der Waals surface area contributed by atoms with Gasteiger partial charge in [0.25, 0.3) is 0 Å². The van der Waals surface area contributed by atoms with Gasteiger partial charge in [0, 0.05) is 0 Å². The van der Waals surface area contributed by atoms with E-state index in [1.54, 1.807) is 0 Å². The zero-order valence-corrected chi connectivity index (χ0v) is 11.0. The van der Waals surface area contributed by atoms with Gasteiger partial charge in [0.15, 0.2) is 9.84 Å². The van der Waals surface area contributed by atoms with Crippen LogP contribution in [0.3, 0.4) is 0 Å². The van der Waals surface area contributed by atoms with E-state index in [1.807, 2.05) is 6.92 Å². The predicted octanol–water partition coefficient (Wildman–Crippen LogP) is -0.548. The third-order valence-electron chi connectivity index (χ3n) is 2.73. The molecule has 2 rings (SSSR count). The van der Waals surface area contributed by atoms with E-state index in [2.05, 4.69) is 20.3 Å². The van der Waals surface area contributed by atoms with E-state index in [-0.39, 0.29) is 29.4 Å². The van der Waals surface area contributed by atoms with Crippen LogP contribution >= 0.6 is 0 Å². The summed E-state index contributed by atoms with van der Waals surface area (Å²) in [5, 5.41) is 2.99. The van der Waals surface area contributed by atoms with Gasteiger partial charge < -0.3 is 15.8 Å². The minimum absolute atomic E-state index is 0.0220. The third kappa shape index (κ3) is 2.78. The first-order chi connectivity index (χ1) is 8.32. The molecule has 0 aliphatic carbocycles. The van der Waals surface area contributed by atoms with Crippen molar-refractivity contribution in [2.45, 2.75) is 18.9 Å². The molecule has 1 aromatic rings. The average Bonchev–Trinajstić information content (AvgIpc) is 2.51. The first-order valence-electron chi connectivity index (χ1n) is 5.36. The maximum atomic E-state index is 11.5. The normalized spacial score (nSPS) is 25.9. The van der Waals surface area contributed by atoms with Gasteiger partial charge in [0.1, 0.15) is 0 Å². The number of anilines is 2. The zero-order chi connectivity index (χ0) is 13.4. The van der Waals surface area contributed by atoms with Gasteiger partial charge in [0.2, 0.25) is 11.9 Å². The van der Waals surface area contributed by atoms with Crippen molar-refractivity contribution in [1.82, 2.24) is 15.0 Å². The molecule has 18 heavy (non-hydrogen) atoms. The summed E-state index contributed by atoms with van der Waals surface area (Å²) >= 11 is 0. The molecule has 1 aliphatic rings. The topological polar surface area (TPSA) is 120 Å². The number of rotatable bonds is 3. The van der Waals surface area contributed by atoms with Crippen molar-refractivity contribution in [3.63, 3.8) is 0 Å². The Morgan fingerprint density at radius 2 is 2.11 bits per heavy atom. The van der Waals surface area contributed by atoms with Crippen molar-refractivity contribution in [2.24, 2.45) is 0 Å². The second-order valence-electron chi connectivity index (χ2n) is 4.53. The Morgan fingerprint density at radius 3 is 2.67 bits per heavy atom. The quantitative estimate of drug-likeness (QED) is 0.752. The molecule has 8 nitrogen and oxygen atoms in total. The fourth-order valence-electron chi connectivity index (χ4n) is 1.90. The second-order valence-corrected chi connectivity index (χ2v) is 6.72. The number of nitrogen functional groups attached to an aromatic ring is 1. The number of sulfone groups is 1. The number of methoxy groups -OCH3 is 1. The van der Waals surface area contributed by atoms with E-state index in [0.717, 1.165) is 0 Å². The van der Waals surface area contributed by atoms with Gasteiger partial charge in [-0.05, 0) is 13.3 Å². The van der Waals surface area contributed by atoms with Gasteiger partial charge in [-0.3, -0.25) is 0 Å². The van der Waals surface area contributed by atoms with Crippen LogP contribution in [-0.2, 0) is 9.84 Å². The highest BCUT2D eigenvalue weighted by Gasteiger charge is 2.39. The summed E-state index contributed by atoms with van der Waals surface area (Å²) < 4.78 is 27.8. The Balaban J connectivity index is 2.22. The minimum Gasteiger partial charge on any atom is -0.467 e. The van der Waals surface area contributed by atoms with Crippen LogP contribution < -0.4 is 15.8 Å². The maximum Gasteiger partial charge on any atom is 0.322 e. The third-order valence-corrected chi connectivity index (χ3v) is 4.63. The Morgan fingerprint density at radius 1 is 1.39 bits per heavy atom. The van der Waals surface area contributed by atoms with Crippen LogP contribution in [0, 0.1) is 0 Å². The summed E-state index contributed by atoms with van der Waals surface area (Å²) in [5.74, 6) is 0.454. The van der Waals surface area contributed by atoms with Crippen LogP contribution in [0.1, 0.15) is 13.3 Å². The number of hydrogen-bond acceptors (Lipinski definition) is 8. The number of nitrogens with zero attached hydrogens (tertiary/aromatic N) is 3. The summed E-state index contributed by atoms with van der Waals surface area (Å²) in [6.45, 7) is 1.81. The van der Waals surface area contributed by atoms with E-state index in [0.29, 0.717) is 6.42 Å². The van der Waals surface area contributed by atoms with Crippen molar-refractivity contribution < 1.29 is 13.2 Å². The molecule has 100 valence electrons. The van der Waals surface area contributed by atoms with Crippen LogP contribution in [0.5, 0.6) is 6.01 Å².